The summed E-state index contributed by atoms with van der Waals surface area (Å²) in [6.45, 7) is 7.82. The van der Waals surface area contributed by atoms with Crippen LogP contribution in [0.1, 0.15) is 26.2 Å². The molecule has 23 heavy (non-hydrogen) atoms. The first-order valence-electron chi connectivity index (χ1n) is 8.42. The molecule has 2 fully saturated rings. The number of guanidine groups is 1. The van der Waals surface area contributed by atoms with Crippen LogP contribution in [0.4, 0.5) is 5.95 Å². The molecule has 6 nitrogen and oxygen atoms in total. The Morgan fingerprint density at radius 3 is 2.52 bits per heavy atom. The highest BCUT2D eigenvalue weighted by Gasteiger charge is 2.22. The van der Waals surface area contributed by atoms with Crippen LogP contribution in [0.5, 0.6) is 0 Å². The molecule has 0 bridgehead atoms. The van der Waals surface area contributed by atoms with Gasteiger partial charge in [0.25, 0.3) is 0 Å². The van der Waals surface area contributed by atoms with E-state index in [1.165, 1.54) is 19.3 Å². The monoisotopic (exact) mass is 430 g/mol. The molecule has 1 aliphatic carbocycles. The molecule has 1 aliphatic heterocycles. The molecule has 0 aromatic carbocycles. The number of aromatic nitrogens is 2. The van der Waals surface area contributed by atoms with Gasteiger partial charge >= 0.3 is 0 Å². The number of nitrogens with one attached hydrogen (secondary N) is 1. The van der Waals surface area contributed by atoms with E-state index in [-0.39, 0.29) is 24.0 Å². The zero-order chi connectivity index (χ0) is 15.2. The third kappa shape index (κ3) is 5.47. The van der Waals surface area contributed by atoms with Gasteiger partial charge in [-0.05, 0) is 25.3 Å². The van der Waals surface area contributed by atoms with E-state index in [4.69, 9.17) is 4.99 Å². The lowest BCUT2D eigenvalue weighted by Gasteiger charge is -2.36. The van der Waals surface area contributed by atoms with Crippen LogP contribution in [-0.4, -0.2) is 60.1 Å². The summed E-state index contributed by atoms with van der Waals surface area (Å²) >= 11 is 0. The predicted octanol–water partition coefficient (Wildman–Crippen LogP) is 1.98. The standard InChI is InChI=1S/C16H26N6.HI/c1-2-17-15(20-9-6-14-4-5-14)21-10-12-22(13-11-21)16-18-7-3-8-19-16;/h3,7-8,14H,2,4-6,9-13H2,1H3,(H,17,20);1H. The Labute approximate surface area is 155 Å². The van der Waals surface area contributed by atoms with Crippen molar-refractivity contribution in [3.05, 3.63) is 18.5 Å². The maximum Gasteiger partial charge on any atom is 0.225 e. The predicted molar refractivity (Wildman–Crippen MR) is 105 cm³/mol. The largest absolute Gasteiger partial charge is 0.357 e. The van der Waals surface area contributed by atoms with E-state index in [2.05, 4.69) is 32.0 Å². The smallest absolute Gasteiger partial charge is 0.225 e. The van der Waals surface area contributed by atoms with E-state index in [1.807, 2.05) is 6.07 Å². The van der Waals surface area contributed by atoms with E-state index in [9.17, 15) is 0 Å². The summed E-state index contributed by atoms with van der Waals surface area (Å²) in [6, 6.07) is 1.86. The van der Waals surface area contributed by atoms with E-state index in [0.717, 1.165) is 57.1 Å². The van der Waals surface area contributed by atoms with Crippen molar-refractivity contribution in [1.82, 2.24) is 20.2 Å². The van der Waals surface area contributed by atoms with Crippen LogP contribution in [0.15, 0.2) is 23.5 Å². The van der Waals surface area contributed by atoms with Crippen molar-refractivity contribution in [2.45, 2.75) is 26.2 Å². The summed E-state index contributed by atoms with van der Waals surface area (Å²) in [6.07, 6.45) is 7.66. The maximum absolute atomic E-state index is 4.80. The molecule has 0 amide bonds. The summed E-state index contributed by atoms with van der Waals surface area (Å²) < 4.78 is 0. The fraction of sp³-hybridized carbons (Fsp3) is 0.688. The lowest BCUT2D eigenvalue weighted by atomic mass is 10.3. The van der Waals surface area contributed by atoms with Gasteiger partial charge in [0.1, 0.15) is 0 Å². The van der Waals surface area contributed by atoms with Crippen molar-refractivity contribution in [3.63, 3.8) is 0 Å². The number of aliphatic imine (C=N–C) groups is 1. The minimum absolute atomic E-state index is 0. The van der Waals surface area contributed by atoms with Gasteiger partial charge in [0.15, 0.2) is 5.96 Å². The highest BCUT2D eigenvalue weighted by molar-refractivity contribution is 14.0. The fourth-order valence-corrected chi connectivity index (χ4v) is 2.76. The number of piperazine rings is 1. The molecule has 7 heteroatoms. The van der Waals surface area contributed by atoms with Crippen LogP contribution in [0, 0.1) is 5.92 Å². The summed E-state index contributed by atoms with van der Waals surface area (Å²) in [5.74, 6) is 2.84. The minimum Gasteiger partial charge on any atom is -0.357 e. The molecular formula is C16H27IN6. The first-order valence-corrected chi connectivity index (χ1v) is 8.42. The highest BCUT2D eigenvalue weighted by atomic mass is 127. The molecule has 128 valence electrons. The molecule has 0 radical (unpaired) electrons. The van der Waals surface area contributed by atoms with Gasteiger partial charge in [-0.15, -0.1) is 24.0 Å². The molecular weight excluding hydrogens is 403 g/mol. The van der Waals surface area contributed by atoms with Gasteiger partial charge in [-0.25, -0.2) is 9.97 Å². The van der Waals surface area contributed by atoms with Crippen molar-refractivity contribution < 1.29 is 0 Å². The Kier molecular flexibility index (Phi) is 7.32. The zero-order valence-electron chi connectivity index (χ0n) is 13.8. The first kappa shape index (κ1) is 18.2. The lowest BCUT2D eigenvalue weighted by molar-refractivity contribution is 0.370. The Morgan fingerprint density at radius 1 is 1.22 bits per heavy atom. The van der Waals surface area contributed by atoms with Crippen LogP contribution in [0.3, 0.4) is 0 Å². The van der Waals surface area contributed by atoms with Gasteiger partial charge in [-0.3, -0.25) is 4.99 Å². The van der Waals surface area contributed by atoms with E-state index in [1.54, 1.807) is 12.4 Å². The molecule has 0 spiro atoms. The van der Waals surface area contributed by atoms with Gasteiger partial charge in [0.05, 0.1) is 0 Å². The minimum atomic E-state index is 0. The number of halogens is 1. The van der Waals surface area contributed by atoms with Gasteiger partial charge in [0, 0.05) is 51.7 Å². The molecule has 1 saturated carbocycles. The Bertz CT molecular complexity index is 483. The van der Waals surface area contributed by atoms with Crippen LogP contribution in [-0.2, 0) is 0 Å². The van der Waals surface area contributed by atoms with Crippen molar-refractivity contribution in [1.29, 1.82) is 0 Å². The lowest BCUT2D eigenvalue weighted by Crippen LogP contribution is -2.53. The number of rotatable bonds is 5. The van der Waals surface area contributed by atoms with Crippen molar-refractivity contribution >= 4 is 35.9 Å². The maximum atomic E-state index is 4.80. The highest BCUT2D eigenvalue weighted by Crippen LogP contribution is 2.32. The number of hydrogen-bond acceptors (Lipinski definition) is 4. The van der Waals surface area contributed by atoms with Gasteiger partial charge in [-0.2, -0.15) is 0 Å². The number of anilines is 1. The molecule has 2 aliphatic rings. The van der Waals surface area contributed by atoms with Crippen molar-refractivity contribution in [3.8, 4) is 0 Å². The molecule has 0 atom stereocenters. The molecule has 0 unspecified atom stereocenters. The van der Waals surface area contributed by atoms with Crippen molar-refractivity contribution in [2.24, 2.45) is 10.9 Å². The first-order chi connectivity index (χ1) is 10.9. The molecule has 1 aromatic heterocycles. The van der Waals surface area contributed by atoms with Crippen LogP contribution in [0.2, 0.25) is 0 Å². The molecule has 1 N–H and O–H groups in total. The SMILES string of the molecule is CCNC(=NCCC1CC1)N1CCN(c2ncccn2)CC1.I. The summed E-state index contributed by atoms with van der Waals surface area (Å²) in [7, 11) is 0. The molecule has 1 aromatic rings. The summed E-state index contributed by atoms with van der Waals surface area (Å²) in [5.41, 5.74) is 0. The van der Waals surface area contributed by atoms with Crippen LogP contribution < -0.4 is 10.2 Å². The van der Waals surface area contributed by atoms with E-state index in [0.29, 0.717) is 0 Å². The van der Waals surface area contributed by atoms with Crippen LogP contribution in [0.25, 0.3) is 0 Å². The van der Waals surface area contributed by atoms with Crippen LogP contribution >= 0.6 is 24.0 Å². The van der Waals surface area contributed by atoms with Gasteiger partial charge < -0.3 is 15.1 Å². The Morgan fingerprint density at radius 2 is 1.91 bits per heavy atom. The quantitative estimate of drug-likeness (QED) is 0.440. The van der Waals surface area contributed by atoms with Crippen molar-refractivity contribution in [2.75, 3.05) is 44.2 Å². The molecule has 1 saturated heterocycles. The molecule has 3 rings (SSSR count). The van der Waals surface area contributed by atoms with E-state index < -0.39 is 0 Å². The average molecular weight is 430 g/mol. The number of nitrogens with zero attached hydrogens (tertiary/aromatic N) is 5. The third-order valence-electron chi connectivity index (χ3n) is 4.24. The summed E-state index contributed by atoms with van der Waals surface area (Å²) in [5, 5.41) is 3.43. The zero-order valence-corrected chi connectivity index (χ0v) is 16.1. The van der Waals surface area contributed by atoms with Gasteiger partial charge in [0.2, 0.25) is 5.95 Å². The van der Waals surface area contributed by atoms with E-state index >= 15 is 0 Å². The molecule has 2 heterocycles. The normalized spacial score (nSPS) is 18.6. The third-order valence-corrected chi connectivity index (χ3v) is 4.24. The Balaban J connectivity index is 0.00000192. The summed E-state index contributed by atoms with van der Waals surface area (Å²) in [4.78, 5) is 18.1. The second kappa shape index (κ2) is 9.24. The Hall–Kier alpha value is -1.12. The topological polar surface area (TPSA) is 56.7 Å². The number of hydrogen-bond donors (Lipinski definition) is 1. The average Bonchev–Trinajstić information content (AvgIpc) is 3.39. The second-order valence-corrected chi connectivity index (χ2v) is 5.99. The fourth-order valence-electron chi connectivity index (χ4n) is 2.76. The second-order valence-electron chi connectivity index (χ2n) is 5.99. The van der Waals surface area contributed by atoms with Gasteiger partial charge in [-0.1, -0.05) is 12.8 Å².